The van der Waals surface area contributed by atoms with Crippen LogP contribution >= 0.6 is 11.3 Å². The molecule has 2 fully saturated rings. The second-order valence-corrected chi connectivity index (χ2v) is 11.2. The molecule has 37 heavy (non-hydrogen) atoms. The second-order valence-electron chi connectivity index (χ2n) is 10.3. The van der Waals surface area contributed by atoms with E-state index in [1.807, 2.05) is 43.6 Å². The van der Waals surface area contributed by atoms with Gasteiger partial charge in [-0.05, 0) is 70.6 Å². The van der Waals surface area contributed by atoms with E-state index in [2.05, 4.69) is 37.3 Å². The van der Waals surface area contributed by atoms with Crippen molar-refractivity contribution in [3.63, 3.8) is 0 Å². The van der Waals surface area contributed by atoms with E-state index in [0.29, 0.717) is 29.9 Å². The third-order valence-corrected chi connectivity index (χ3v) is 7.75. The van der Waals surface area contributed by atoms with Crippen LogP contribution in [0.3, 0.4) is 0 Å². The Hall–Kier alpha value is -3.71. The quantitative estimate of drug-likeness (QED) is 0.340. The molecule has 0 unspecified atom stereocenters. The Labute approximate surface area is 220 Å². The summed E-state index contributed by atoms with van der Waals surface area (Å²) in [6.45, 7) is 4.05. The number of nitrogens with one attached hydrogen (secondary N) is 4. The van der Waals surface area contributed by atoms with Crippen molar-refractivity contribution in [3.8, 4) is 6.07 Å². The summed E-state index contributed by atoms with van der Waals surface area (Å²) >= 11 is 1.58. The number of aromatic nitrogens is 2. The van der Waals surface area contributed by atoms with E-state index >= 15 is 0 Å². The molecule has 0 atom stereocenters. The van der Waals surface area contributed by atoms with Crippen molar-refractivity contribution in [3.05, 3.63) is 41.5 Å². The van der Waals surface area contributed by atoms with Crippen molar-refractivity contribution in [1.82, 2.24) is 20.6 Å². The molecule has 192 valence electrons. The summed E-state index contributed by atoms with van der Waals surface area (Å²) in [5.41, 5.74) is 4.25. The zero-order valence-corrected chi connectivity index (χ0v) is 21.8. The molecule has 2 aliphatic rings. The van der Waals surface area contributed by atoms with Gasteiger partial charge in [-0.3, -0.25) is 9.59 Å². The third kappa shape index (κ3) is 5.83. The Balaban J connectivity index is 1.22. The van der Waals surface area contributed by atoms with Crippen molar-refractivity contribution < 1.29 is 9.59 Å². The van der Waals surface area contributed by atoms with Crippen LogP contribution in [0.1, 0.15) is 62.7 Å². The van der Waals surface area contributed by atoms with Crippen molar-refractivity contribution in [2.75, 3.05) is 10.6 Å². The number of rotatable bonds is 8. The van der Waals surface area contributed by atoms with Crippen LogP contribution in [-0.4, -0.2) is 39.4 Å². The van der Waals surface area contributed by atoms with Gasteiger partial charge in [-0.15, -0.1) is 11.3 Å². The highest BCUT2D eigenvalue weighted by molar-refractivity contribution is 7.16. The summed E-state index contributed by atoms with van der Waals surface area (Å²) in [4.78, 5) is 34.6. The van der Waals surface area contributed by atoms with Crippen LogP contribution in [0.4, 0.5) is 17.2 Å². The number of carbonyl (C=O) groups excluding carboxylic acids is 2. The van der Waals surface area contributed by atoms with Crippen molar-refractivity contribution in [2.24, 2.45) is 5.92 Å². The lowest BCUT2D eigenvalue weighted by atomic mass is 9.85. The fraction of sp³-hybridized carbons (Fsp3) is 0.444. The number of carbonyl (C=O) groups is 2. The molecule has 2 aliphatic carbocycles. The molecule has 3 aromatic rings. The Bertz CT molecular complexity index is 1350. The Morgan fingerprint density at radius 3 is 2.62 bits per heavy atom. The van der Waals surface area contributed by atoms with Gasteiger partial charge in [0.2, 0.25) is 5.91 Å². The summed E-state index contributed by atoms with van der Waals surface area (Å²) in [7, 11) is 0. The minimum absolute atomic E-state index is 0.00163. The molecule has 10 heteroatoms. The van der Waals surface area contributed by atoms with E-state index in [4.69, 9.17) is 0 Å². The van der Waals surface area contributed by atoms with E-state index in [1.54, 1.807) is 17.5 Å². The minimum Gasteiger partial charge on any atom is -0.382 e. The lowest BCUT2D eigenvalue weighted by molar-refractivity contribution is -0.126. The fourth-order valence-electron chi connectivity index (χ4n) is 4.71. The standard InChI is InChI=1S/C27H31N7O2S/c1-16(2)31-22-12-24(32-19-7-8-21-23(11-19)37-15-30-21)29-13-20(22)26(36)33-18-5-3-17(4-6-18)25(35)34-27(14-28)9-10-27/h7-8,11-13,15-18H,3-6,9-10H2,1-2H3,(H,33,36)(H,34,35)(H2,29,31,32). The summed E-state index contributed by atoms with van der Waals surface area (Å²) in [5, 5.41) is 22.0. The van der Waals surface area contributed by atoms with E-state index in [9.17, 15) is 14.9 Å². The van der Waals surface area contributed by atoms with Crippen LogP contribution in [0, 0.1) is 17.2 Å². The minimum atomic E-state index is -0.635. The SMILES string of the molecule is CC(C)Nc1cc(Nc2ccc3ncsc3c2)ncc1C(=O)NC1CCC(C(=O)NC2(C#N)CC2)CC1. The van der Waals surface area contributed by atoms with E-state index in [-0.39, 0.29) is 29.8 Å². The maximum absolute atomic E-state index is 13.2. The number of benzene rings is 1. The number of hydrogen-bond donors (Lipinski definition) is 4. The highest BCUT2D eigenvalue weighted by Gasteiger charge is 2.45. The smallest absolute Gasteiger partial charge is 0.255 e. The monoisotopic (exact) mass is 517 g/mol. The molecule has 2 amide bonds. The van der Waals surface area contributed by atoms with E-state index < -0.39 is 5.54 Å². The van der Waals surface area contributed by atoms with Crippen LogP contribution in [0.5, 0.6) is 0 Å². The second kappa shape index (κ2) is 10.3. The van der Waals surface area contributed by atoms with Gasteiger partial charge in [0.1, 0.15) is 11.4 Å². The lowest BCUT2D eigenvalue weighted by Crippen LogP contribution is -2.44. The van der Waals surface area contributed by atoms with Crippen LogP contribution in [0.25, 0.3) is 10.2 Å². The van der Waals surface area contributed by atoms with Crippen LogP contribution in [0.2, 0.25) is 0 Å². The first kappa shape index (κ1) is 25.0. The number of hydrogen-bond acceptors (Lipinski definition) is 8. The predicted octanol–water partition coefficient (Wildman–Crippen LogP) is 4.72. The summed E-state index contributed by atoms with van der Waals surface area (Å²) in [6.07, 6.45) is 5.91. The highest BCUT2D eigenvalue weighted by atomic mass is 32.1. The predicted molar refractivity (Wildman–Crippen MR) is 145 cm³/mol. The molecule has 2 heterocycles. The zero-order valence-electron chi connectivity index (χ0n) is 21.0. The fourth-order valence-corrected chi connectivity index (χ4v) is 5.42. The maximum atomic E-state index is 13.2. The summed E-state index contributed by atoms with van der Waals surface area (Å²) < 4.78 is 1.09. The first-order valence-corrected chi connectivity index (χ1v) is 13.6. The van der Waals surface area contributed by atoms with Gasteiger partial charge in [0.05, 0.1) is 33.0 Å². The molecule has 0 spiro atoms. The van der Waals surface area contributed by atoms with Crippen LogP contribution < -0.4 is 21.3 Å². The zero-order chi connectivity index (χ0) is 26.0. The molecular weight excluding hydrogens is 486 g/mol. The molecular formula is C27H31N7O2S. The summed E-state index contributed by atoms with van der Waals surface area (Å²) in [5.74, 6) is 0.325. The average Bonchev–Trinajstić information content (AvgIpc) is 3.49. The van der Waals surface area contributed by atoms with Gasteiger partial charge in [0, 0.05) is 36.0 Å². The molecule has 0 radical (unpaired) electrons. The van der Waals surface area contributed by atoms with Gasteiger partial charge < -0.3 is 21.3 Å². The number of fused-ring (bicyclic) bond motifs is 1. The van der Waals surface area contributed by atoms with Crippen molar-refractivity contribution in [1.29, 1.82) is 5.26 Å². The molecule has 2 saturated carbocycles. The van der Waals surface area contributed by atoms with E-state index in [0.717, 1.165) is 41.6 Å². The van der Waals surface area contributed by atoms with Crippen molar-refractivity contribution in [2.45, 2.75) is 70.0 Å². The summed E-state index contributed by atoms with van der Waals surface area (Å²) in [6, 6.07) is 10.2. The van der Waals surface area contributed by atoms with E-state index in [1.165, 1.54) is 0 Å². The Morgan fingerprint density at radius 1 is 1.14 bits per heavy atom. The molecule has 4 N–H and O–H groups in total. The number of anilines is 3. The molecule has 5 rings (SSSR count). The molecule has 0 bridgehead atoms. The Morgan fingerprint density at radius 2 is 1.92 bits per heavy atom. The van der Waals surface area contributed by atoms with Gasteiger partial charge in [-0.1, -0.05) is 0 Å². The molecule has 0 saturated heterocycles. The Kier molecular flexibility index (Phi) is 6.98. The van der Waals surface area contributed by atoms with Crippen molar-refractivity contribution >= 4 is 50.6 Å². The largest absolute Gasteiger partial charge is 0.382 e. The van der Waals surface area contributed by atoms with Crippen LogP contribution in [0.15, 0.2) is 36.0 Å². The third-order valence-electron chi connectivity index (χ3n) is 6.96. The van der Waals surface area contributed by atoms with Gasteiger partial charge >= 0.3 is 0 Å². The number of amides is 2. The molecule has 0 aliphatic heterocycles. The molecule has 2 aromatic heterocycles. The number of nitriles is 1. The first-order valence-electron chi connectivity index (χ1n) is 12.8. The van der Waals surface area contributed by atoms with Crippen LogP contribution in [-0.2, 0) is 4.79 Å². The number of pyridine rings is 1. The first-order chi connectivity index (χ1) is 17.8. The van der Waals surface area contributed by atoms with Gasteiger partial charge in [-0.2, -0.15) is 5.26 Å². The molecule has 9 nitrogen and oxygen atoms in total. The van der Waals surface area contributed by atoms with Gasteiger partial charge in [-0.25, -0.2) is 9.97 Å². The average molecular weight is 518 g/mol. The maximum Gasteiger partial charge on any atom is 0.255 e. The van der Waals surface area contributed by atoms with Gasteiger partial charge in [0.25, 0.3) is 5.91 Å². The lowest BCUT2D eigenvalue weighted by Gasteiger charge is -2.29. The normalized spacial score (nSPS) is 20.2. The van der Waals surface area contributed by atoms with Gasteiger partial charge in [0.15, 0.2) is 0 Å². The highest BCUT2D eigenvalue weighted by Crippen LogP contribution is 2.36. The molecule has 1 aromatic carbocycles. The topological polar surface area (TPSA) is 132 Å². The number of nitrogens with zero attached hydrogens (tertiary/aromatic N) is 3. The number of thiazole rings is 1.